The summed E-state index contributed by atoms with van der Waals surface area (Å²) in [5.74, 6) is -13.0. The number of nitriles is 3. The minimum atomic E-state index is -1.46. The van der Waals surface area contributed by atoms with Crippen LogP contribution >= 0.6 is 104 Å². The fourth-order valence-corrected chi connectivity index (χ4v) is 19.2. The number of carbonyl (C=O) groups excluding carboxylic acids is 3. The Hall–Kier alpha value is -12.7. The van der Waals surface area contributed by atoms with E-state index in [1.54, 1.807) is 87.0 Å². The summed E-state index contributed by atoms with van der Waals surface area (Å²) in [6.45, 7) is 34.9. The van der Waals surface area contributed by atoms with E-state index in [4.69, 9.17) is 104 Å². The molecule has 3 amide bonds. The molecule has 15 rings (SSSR count). The summed E-state index contributed by atoms with van der Waals surface area (Å²) in [6, 6.07) is 14.3. The first-order valence-corrected chi connectivity index (χ1v) is 45.8. The van der Waals surface area contributed by atoms with Gasteiger partial charge in [-0.1, -0.05) is 166 Å². The highest BCUT2D eigenvalue weighted by Gasteiger charge is 2.40. The molecule has 0 radical (unpaired) electrons. The first-order chi connectivity index (χ1) is 65.2. The van der Waals surface area contributed by atoms with Crippen molar-refractivity contribution >= 4 is 172 Å². The molecule has 3 aliphatic rings. The summed E-state index contributed by atoms with van der Waals surface area (Å²) in [7, 11) is 0. The van der Waals surface area contributed by atoms with Crippen LogP contribution in [0.1, 0.15) is 131 Å². The Labute approximate surface area is 830 Å². The van der Waals surface area contributed by atoms with Gasteiger partial charge in [-0.3, -0.25) is 57.4 Å². The molecular formula is C96H81Cl9F6N18O9. The van der Waals surface area contributed by atoms with Crippen LogP contribution < -0.4 is 31.4 Å². The van der Waals surface area contributed by atoms with Gasteiger partial charge in [0.05, 0.1) is 115 Å². The Kier molecular flexibility index (Phi) is 30.3. The van der Waals surface area contributed by atoms with E-state index < -0.39 is 133 Å². The second-order valence-electron chi connectivity index (χ2n) is 33.6. The maximum absolute atomic E-state index is 15.5. The number of aromatic nitrogens is 9. The van der Waals surface area contributed by atoms with Crippen LogP contribution in [0, 0.1) is 89.7 Å². The largest absolute Gasteiger partial charge is 0.504 e. The van der Waals surface area contributed by atoms with E-state index in [1.807, 2.05) is 80.5 Å². The van der Waals surface area contributed by atoms with Crippen LogP contribution in [0.15, 0.2) is 107 Å². The van der Waals surface area contributed by atoms with E-state index in [0.717, 1.165) is 0 Å². The first kappa shape index (κ1) is 103. The van der Waals surface area contributed by atoms with Crippen molar-refractivity contribution < 1.29 is 56.0 Å². The van der Waals surface area contributed by atoms with Gasteiger partial charge >= 0.3 is 0 Å². The van der Waals surface area contributed by atoms with Crippen molar-refractivity contribution in [3.63, 3.8) is 0 Å². The number of nitrogens with zero attached hydrogens (tertiary/aromatic N) is 18. The summed E-state index contributed by atoms with van der Waals surface area (Å²) >= 11 is 55.5. The highest BCUT2D eigenvalue weighted by atomic mass is 35.5. The van der Waals surface area contributed by atoms with Crippen LogP contribution in [0.5, 0.6) is 17.2 Å². The van der Waals surface area contributed by atoms with Gasteiger partial charge in [-0.05, 0) is 131 Å². The van der Waals surface area contributed by atoms with Crippen molar-refractivity contribution in [1.82, 2.24) is 58.3 Å². The standard InChI is InChI=1S/3C32H27Cl3F2N6O3/c3*1-6-20(44)42-10-9-41(13-16(42)5)29-17-11-19(33)27(21-24(36)22(34)23(35)30(45)25(21)37)40-31(17)43(32(46)18(29)12-38)28-15(4)7-8-39-26(28)14(2)3/h3*6-8,11,14,16,45H,1,9-10,13H2,2-5H3/t3*16-/m111/s1. The monoisotopic (exact) mass is 2060 g/mol. The number of halogens is 15. The van der Waals surface area contributed by atoms with Gasteiger partial charge in [0.1, 0.15) is 66.9 Å². The van der Waals surface area contributed by atoms with Gasteiger partial charge in [0.15, 0.2) is 52.2 Å². The van der Waals surface area contributed by atoms with Gasteiger partial charge in [-0.15, -0.1) is 0 Å². The van der Waals surface area contributed by atoms with E-state index in [0.29, 0.717) is 50.8 Å². The third-order valence-electron chi connectivity index (χ3n) is 24.0. The highest BCUT2D eigenvalue weighted by molar-refractivity contribution is 6.45. The number of pyridine rings is 9. The number of rotatable bonds is 15. The quantitative estimate of drug-likeness (QED) is 0.0371. The van der Waals surface area contributed by atoms with Crippen molar-refractivity contribution in [3.8, 4) is 86.3 Å². The fourth-order valence-electron chi connectivity index (χ4n) is 17.4. The SMILES string of the molecule is C=CC(=O)N1CCN(c2c(C#N)c(=O)n(-c3c(C)ccnc3C(C)C)c3nc(-c4c(F)c(O)c(Cl)c(Cl)c4F)c(Cl)cc23)C[C@H]1C.C=CC(=O)N1CCN(c2c(C#N)c(=O)n(-c3c(C)ccnc3C(C)C)c3nc(-c4c(F)c(O)c(Cl)c(Cl)c4F)c(Cl)cc23)C[C@H]1C.C=CC(=O)N1CCN(c2c(C#N)c(=O)n(-c3c(C)ccnc3C(C)C)c3nc(-c4c(F)c(O)c(Cl)c(Cl)c4F)c(Cl)cc23)C[C@H]1C. The van der Waals surface area contributed by atoms with Crippen LogP contribution in [-0.4, -0.2) is 168 Å². The highest BCUT2D eigenvalue weighted by Crippen LogP contribution is 2.51. The molecule has 3 saturated heterocycles. The minimum Gasteiger partial charge on any atom is -0.504 e. The molecule has 0 aliphatic carbocycles. The lowest BCUT2D eigenvalue weighted by molar-refractivity contribution is -0.129. The van der Waals surface area contributed by atoms with E-state index >= 15 is 26.3 Å². The molecule has 0 unspecified atom stereocenters. The molecule has 12 aromatic rings. The molecule has 3 atom stereocenters. The maximum atomic E-state index is 15.5. The number of carbonyl (C=O) groups is 3. The predicted octanol–water partition coefficient (Wildman–Crippen LogP) is 20.8. The molecule has 0 saturated carbocycles. The number of piperazine rings is 3. The van der Waals surface area contributed by atoms with Gasteiger partial charge in [0.25, 0.3) is 16.7 Å². The molecule has 0 spiro atoms. The molecule has 9 aromatic heterocycles. The molecule has 42 heteroatoms. The molecule has 3 aliphatic heterocycles. The molecule has 12 heterocycles. The molecule has 138 heavy (non-hydrogen) atoms. The fraction of sp³-hybridized carbons (Fsp3) is 0.281. The maximum Gasteiger partial charge on any atom is 0.276 e. The number of amides is 3. The molecule has 0 bridgehead atoms. The van der Waals surface area contributed by atoms with Crippen LogP contribution in [0.2, 0.25) is 45.2 Å². The van der Waals surface area contributed by atoms with E-state index in [9.17, 15) is 59.9 Å². The average Bonchev–Trinajstić information content (AvgIpc) is 0.726. The average molecular weight is 2060 g/mol. The Morgan fingerprint density at radius 3 is 0.833 bits per heavy atom. The summed E-state index contributed by atoms with van der Waals surface area (Å²) in [5, 5.41) is 57.6. The summed E-state index contributed by atoms with van der Waals surface area (Å²) in [5.41, 5.74) is -2.19. The van der Waals surface area contributed by atoms with E-state index in [1.165, 1.54) is 50.1 Å². The van der Waals surface area contributed by atoms with Crippen molar-refractivity contribution in [2.45, 2.75) is 119 Å². The molecule has 714 valence electrons. The predicted molar refractivity (Wildman–Crippen MR) is 523 cm³/mol. The van der Waals surface area contributed by atoms with Crippen LogP contribution in [-0.2, 0) is 14.4 Å². The Morgan fingerprint density at radius 2 is 0.630 bits per heavy atom. The number of hydrogen-bond donors (Lipinski definition) is 3. The Morgan fingerprint density at radius 1 is 0.399 bits per heavy atom. The molecule has 3 N–H and O–H groups in total. The minimum absolute atomic E-state index is 0.0852. The van der Waals surface area contributed by atoms with Crippen molar-refractivity contribution in [2.75, 3.05) is 73.6 Å². The van der Waals surface area contributed by atoms with Gasteiger partial charge < -0.3 is 44.7 Å². The molecule has 3 aromatic carbocycles. The van der Waals surface area contributed by atoms with Gasteiger partial charge in [-0.25, -0.2) is 41.3 Å². The third-order valence-corrected chi connectivity index (χ3v) is 27.3. The van der Waals surface area contributed by atoms with Gasteiger partial charge in [0.2, 0.25) is 17.7 Å². The Bertz CT molecular complexity index is 6790. The van der Waals surface area contributed by atoms with Crippen LogP contribution in [0.3, 0.4) is 0 Å². The lowest BCUT2D eigenvalue weighted by Crippen LogP contribution is -2.54. The zero-order valence-corrected chi connectivity index (χ0v) is 82.2. The first-order valence-electron chi connectivity index (χ1n) is 42.4. The zero-order chi connectivity index (χ0) is 101. The number of aryl methyl sites for hydroxylation is 3. The van der Waals surface area contributed by atoms with Gasteiger partial charge in [0, 0.05) is 112 Å². The van der Waals surface area contributed by atoms with Crippen molar-refractivity contribution in [2.24, 2.45) is 0 Å². The molecule has 3 fully saturated rings. The summed E-state index contributed by atoms with van der Waals surface area (Å²) in [4.78, 5) is 118. The number of phenolic OH excluding ortho intramolecular Hbond substituents is 3. The lowest BCUT2D eigenvalue weighted by atomic mass is 10.0. The number of aromatic hydroxyl groups is 3. The summed E-state index contributed by atoms with van der Waals surface area (Å²) < 4.78 is 96.6. The molecule has 27 nitrogen and oxygen atoms in total. The number of fused-ring (bicyclic) bond motifs is 3. The Balaban J connectivity index is 0.000000175. The smallest absolute Gasteiger partial charge is 0.276 e. The summed E-state index contributed by atoms with van der Waals surface area (Å²) in [6.07, 6.45) is 8.42. The van der Waals surface area contributed by atoms with E-state index in [2.05, 4.69) is 49.6 Å². The molecular weight excluding hydrogens is 1980 g/mol. The van der Waals surface area contributed by atoms with Crippen molar-refractivity contribution in [3.05, 3.63) is 255 Å². The number of benzene rings is 3. The second-order valence-corrected chi connectivity index (χ2v) is 37.1. The zero-order valence-electron chi connectivity index (χ0n) is 75.4. The number of hydrogen-bond acceptors (Lipinski definition) is 21. The van der Waals surface area contributed by atoms with Gasteiger partial charge in [-0.2, -0.15) is 15.8 Å². The second kappa shape index (κ2) is 40.8. The third kappa shape index (κ3) is 18.0. The number of phenols is 3. The van der Waals surface area contributed by atoms with E-state index in [-0.39, 0.29) is 194 Å². The topological polar surface area (TPSA) is 346 Å². The van der Waals surface area contributed by atoms with Crippen molar-refractivity contribution in [1.29, 1.82) is 15.8 Å². The lowest BCUT2D eigenvalue weighted by Gasteiger charge is -2.41. The number of anilines is 3. The van der Waals surface area contributed by atoms with Crippen LogP contribution in [0.25, 0.3) is 83.9 Å². The van der Waals surface area contributed by atoms with Crippen LogP contribution in [0.4, 0.5) is 43.4 Å². The normalized spacial score (nSPS) is 15.0.